The number of halogens is 2. The number of nitriles is 1. The van der Waals surface area contributed by atoms with Crippen molar-refractivity contribution < 1.29 is 31.9 Å². The van der Waals surface area contributed by atoms with Gasteiger partial charge in [0.05, 0.1) is 28.5 Å². The van der Waals surface area contributed by atoms with E-state index in [9.17, 15) is 26.8 Å². The molecular formula is C25H29F2N5O5S. The molecule has 1 aliphatic heterocycles. The quantitative estimate of drug-likeness (QED) is 0.582. The Kier molecular flexibility index (Phi) is 7.47. The molecule has 2 heterocycles. The van der Waals surface area contributed by atoms with Crippen LogP contribution < -0.4 is 5.32 Å². The maximum Gasteiger partial charge on any atom is 0.405 e. The van der Waals surface area contributed by atoms with E-state index < -0.39 is 45.1 Å². The molecule has 2 atom stereocenters. The van der Waals surface area contributed by atoms with Gasteiger partial charge in [-0.05, 0) is 50.3 Å². The number of aromatic nitrogens is 2. The molecule has 2 aliphatic carbocycles. The Morgan fingerprint density at radius 3 is 2.47 bits per heavy atom. The zero-order valence-electron chi connectivity index (χ0n) is 20.8. The van der Waals surface area contributed by atoms with Gasteiger partial charge in [0.2, 0.25) is 5.91 Å². The average Bonchev–Trinajstić information content (AvgIpc) is 3.22. The molecule has 3 fully saturated rings. The van der Waals surface area contributed by atoms with Gasteiger partial charge < -0.3 is 15.3 Å². The second-order valence-electron chi connectivity index (χ2n) is 10.0. The summed E-state index contributed by atoms with van der Waals surface area (Å²) >= 11 is 0. The number of nitrogens with zero attached hydrogens (tertiary/aromatic N) is 4. The molecule has 2 N–H and O–H groups in total. The van der Waals surface area contributed by atoms with Gasteiger partial charge in [-0.2, -0.15) is 10.4 Å². The Balaban J connectivity index is 0.000000317. The predicted molar refractivity (Wildman–Crippen MR) is 132 cm³/mol. The summed E-state index contributed by atoms with van der Waals surface area (Å²) in [4.78, 5) is 23.9. The van der Waals surface area contributed by atoms with Gasteiger partial charge in [-0.3, -0.25) is 9.48 Å². The number of nitrogens with one attached hydrogen (secondary N) is 1. The summed E-state index contributed by atoms with van der Waals surface area (Å²) in [5, 5.41) is 22.1. The zero-order chi connectivity index (χ0) is 27.7. The monoisotopic (exact) mass is 549 g/mol. The third kappa shape index (κ3) is 5.96. The lowest BCUT2D eigenvalue weighted by Gasteiger charge is -2.20. The van der Waals surface area contributed by atoms with Gasteiger partial charge in [0.15, 0.2) is 9.84 Å². The Bertz CT molecular complexity index is 1370. The van der Waals surface area contributed by atoms with E-state index in [1.807, 2.05) is 18.2 Å². The van der Waals surface area contributed by atoms with Crippen LogP contribution >= 0.6 is 0 Å². The van der Waals surface area contributed by atoms with Crippen LogP contribution in [-0.2, 0) is 21.7 Å². The van der Waals surface area contributed by atoms with Crippen molar-refractivity contribution in [2.75, 3.05) is 13.1 Å². The molecule has 0 spiro atoms. The fraction of sp³-hybridized carbons (Fsp3) is 0.520. The Labute approximate surface area is 219 Å². The van der Waals surface area contributed by atoms with Crippen molar-refractivity contribution in [1.82, 2.24) is 20.0 Å². The molecule has 13 heteroatoms. The first kappa shape index (κ1) is 27.5. The van der Waals surface area contributed by atoms with Crippen LogP contribution in [0.25, 0.3) is 11.3 Å². The lowest BCUT2D eigenvalue weighted by molar-refractivity contribution is -0.135. The highest BCUT2D eigenvalue weighted by Crippen LogP contribution is 2.37. The molecule has 38 heavy (non-hydrogen) atoms. The Morgan fingerprint density at radius 1 is 1.21 bits per heavy atom. The minimum atomic E-state index is -3.63. The van der Waals surface area contributed by atoms with Gasteiger partial charge in [0.1, 0.15) is 5.54 Å². The number of hydrogen-bond acceptors (Lipinski definition) is 6. The summed E-state index contributed by atoms with van der Waals surface area (Å²) in [5.74, 6) is -3.70. The van der Waals surface area contributed by atoms with Crippen LogP contribution in [0.15, 0.2) is 41.4 Å². The highest BCUT2D eigenvalue weighted by atomic mass is 32.2. The lowest BCUT2D eigenvalue weighted by Crippen LogP contribution is -2.35. The topological polar surface area (TPSA) is 145 Å². The van der Waals surface area contributed by atoms with E-state index in [1.54, 1.807) is 36.1 Å². The molecule has 5 rings (SSSR count). The van der Waals surface area contributed by atoms with Crippen molar-refractivity contribution in [2.24, 2.45) is 13.0 Å². The second kappa shape index (κ2) is 10.3. The number of aryl methyl sites for hydroxylation is 1. The maximum atomic E-state index is 13.4. The second-order valence-corrected chi connectivity index (χ2v) is 12.3. The van der Waals surface area contributed by atoms with Crippen LogP contribution in [0.1, 0.15) is 38.5 Å². The SMILES string of the molecule is Cn1nccc1-c1cccc(S(=O)(=O)[C@@H]2CC[C@@H](C(=O)N3CCC(F)(F)C3)C2)c1.N#CC1(NC(=O)O)CC1. The molecular weight excluding hydrogens is 520 g/mol. The van der Waals surface area contributed by atoms with E-state index in [0.717, 1.165) is 11.3 Å². The van der Waals surface area contributed by atoms with Crippen molar-refractivity contribution in [3.8, 4) is 17.3 Å². The molecule has 0 bridgehead atoms. The zero-order valence-corrected chi connectivity index (χ0v) is 21.6. The number of hydrogen-bond donors (Lipinski definition) is 2. The lowest BCUT2D eigenvalue weighted by atomic mass is 10.1. The Hall–Kier alpha value is -3.53. The van der Waals surface area contributed by atoms with E-state index in [-0.39, 0.29) is 30.2 Å². The number of carbonyl (C=O) groups is 2. The smallest absolute Gasteiger partial charge is 0.405 e. The largest absolute Gasteiger partial charge is 0.465 e. The van der Waals surface area contributed by atoms with Crippen LogP contribution in [-0.4, -0.2) is 70.0 Å². The molecule has 10 nitrogen and oxygen atoms in total. The number of amides is 2. The predicted octanol–water partition coefficient (Wildman–Crippen LogP) is 3.21. The molecule has 0 unspecified atom stereocenters. The minimum absolute atomic E-state index is 0.0342. The number of likely N-dealkylation sites (tertiary alicyclic amines) is 1. The van der Waals surface area contributed by atoms with Crippen LogP contribution in [0.3, 0.4) is 0 Å². The van der Waals surface area contributed by atoms with Gasteiger partial charge in [-0.1, -0.05) is 12.1 Å². The van der Waals surface area contributed by atoms with E-state index in [4.69, 9.17) is 10.4 Å². The number of sulfone groups is 1. The molecule has 1 saturated heterocycles. The van der Waals surface area contributed by atoms with Crippen LogP contribution in [0, 0.1) is 17.2 Å². The molecule has 2 amide bonds. The molecule has 1 aromatic carbocycles. The van der Waals surface area contributed by atoms with Gasteiger partial charge in [-0.15, -0.1) is 0 Å². The minimum Gasteiger partial charge on any atom is -0.465 e. The fourth-order valence-corrected chi connectivity index (χ4v) is 6.78. The molecule has 1 aromatic heterocycles. The molecule has 3 aliphatic rings. The van der Waals surface area contributed by atoms with E-state index in [1.165, 1.54) is 4.90 Å². The first-order valence-electron chi connectivity index (χ1n) is 12.3. The summed E-state index contributed by atoms with van der Waals surface area (Å²) in [5.41, 5.74) is 0.818. The summed E-state index contributed by atoms with van der Waals surface area (Å²) in [6.07, 6.45) is 2.45. The third-order valence-corrected chi connectivity index (χ3v) is 9.46. The summed E-state index contributed by atoms with van der Waals surface area (Å²) in [6.45, 7) is -0.529. The van der Waals surface area contributed by atoms with E-state index >= 15 is 0 Å². The summed E-state index contributed by atoms with van der Waals surface area (Å²) in [6, 6.07) is 10.4. The standard InChI is InChI=1S/C20H23F2N3O3S.C5H6N2O2/c1-24-18(7-9-23-24)14-3-2-4-16(11-14)29(27,28)17-6-5-15(12-17)19(26)25-10-8-20(21,22)13-25;6-3-5(1-2-5)7-4(8)9/h2-4,7,9,11,15,17H,5-6,8,10,12-13H2,1H3;7H,1-2H2,(H,8,9)/t15-,17-;/m1./s1. The van der Waals surface area contributed by atoms with Crippen molar-refractivity contribution in [2.45, 2.75) is 60.1 Å². The van der Waals surface area contributed by atoms with Crippen molar-refractivity contribution in [1.29, 1.82) is 5.26 Å². The third-order valence-electron chi connectivity index (χ3n) is 7.24. The van der Waals surface area contributed by atoms with Crippen LogP contribution in [0.5, 0.6) is 0 Å². The summed E-state index contributed by atoms with van der Waals surface area (Å²) in [7, 11) is -1.84. The molecule has 0 radical (unpaired) electrons. The maximum absolute atomic E-state index is 13.4. The van der Waals surface area contributed by atoms with E-state index in [0.29, 0.717) is 25.7 Å². The number of alkyl halides is 2. The highest BCUT2D eigenvalue weighted by molar-refractivity contribution is 7.92. The first-order valence-corrected chi connectivity index (χ1v) is 13.8. The van der Waals surface area contributed by atoms with Crippen molar-refractivity contribution in [3.05, 3.63) is 36.5 Å². The fourth-order valence-electron chi connectivity index (χ4n) is 4.90. The first-order chi connectivity index (χ1) is 17.9. The van der Waals surface area contributed by atoms with Gasteiger partial charge in [0.25, 0.3) is 5.92 Å². The van der Waals surface area contributed by atoms with Crippen molar-refractivity contribution >= 4 is 21.8 Å². The van der Waals surface area contributed by atoms with Gasteiger partial charge >= 0.3 is 6.09 Å². The highest BCUT2D eigenvalue weighted by Gasteiger charge is 2.45. The molecule has 2 aromatic rings. The number of benzene rings is 1. The summed E-state index contributed by atoms with van der Waals surface area (Å²) < 4.78 is 54.8. The van der Waals surface area contributed by atoms with Gasteiger partial charge in [-0.25, -0.2) is 22.0 Å². The van der Waals surface area contributed by atoms with E-state index in [2.05, 4.69) is 10.4 Å². The van der Waals surface area contributed by atoms with Crippen LogP contribution in [0.4, 0.5) is 13.6 Å². The average molecular weight is 550 g/mol. The number of carboxylic acid groups (broad SMARTS) is 1. The molecule has 2 saturated carbocycles. The Morgan fingerprint density at radius 2 is 1.95 bits per heavy atom. The van der Waals surface area contributed by atoms with Crippen molar-refractivity contribution in [3.63, 3.8) is 0 Å². The normalized spacial score (nSPS) is 23.2. The molecule has 204 valence electrons. The number of carbonyl (C=O) groups excluding carboxylic acids is 1. The van der Waals surface area contributed by atoms with Gasteiger partial charge in [0, 0.05) is 37.7 Å². The van der Waals surface area contributed by atoms with Crippen LogP contribution in [0.2, 0.25) is 0 Å². The number of rotatable bonds is 5.